The summed E-state index contributed by atoms with van der Waals surface area (Å²) in [6.07, 6.45) is -4.40. The summed E-state index contributed by atoms with van der Waals surface area (Å²) in [5.74, 6) is -0.273. The van der Waals surface area contributed by atoms with Crippen molar-refractivity contribution < 1.29 is 27.4 Å². The Hall–Kier alpha value is -2.73. The van der Waals surface area contributed by atoms with Gasteiger partial charge in [0, 0.05) is 10.4 Å². The molecular formula is C21H16ClF3O3. The van der Waals surface area contributed by atoms with Gasteiger partial charge < -0.3 is 9.47 Å². The van der Waals surface area contributed by atoms with E-state index in [1.807, 2.05) is 0 Å². The number of esters is 1. The SMILES string of the molecule is CCOC(=O)c1ccc2ccc(Cl)cc2c1OCc1ccc(C(F)(F)F)cc1. The number of hydrogen-bond donors (Lipinski definition) is 0. The van der Waals surface area contributed by atoms with Crippen LogP contribution in [0.15, 0.2) is 54.6 Å². The first-order valence-electron chi connectivity index (χ1n) is 8.48. The van der Waals surface area contributed by atoms with E-state index in [1.165, 1.54) is 12.1 Å². The third-order valence-corrected chi connectivity index (χ3v) is 4.33. The molecule has 0 saturated carbocycles. The van der Waals surface area contributed by atoms with Gasteiger partial charge in [0.15, 0.2) is 0 Å². The molecule has 0 aliphatic rings. The van der Waals surface area contributed by atoms with Crippen molar-refractivity contribution in [3.63, 3.8) is 0 Å². The average molecular weight is 409 g/mol. The van der Waals surface area contributed by atoms with E-state index >= 15 is 0 Å². The Morgan fingerprint density at radius 1 is 1.04 bits per heavy atom. The molecule has 3 aromatic rings. The molecule has 0 N–H and O–H groups in total. The lowest BCUT2D eigenvalue weighted by Gasteiger charge is -2.15. The lowest BCUT2D eigenvalue weighted by Crippen LogP contribution is -2.09. The van der Waals surface area contributed by atoms with E-state index in [4.69, 9.17) is 21.1 Å². The van der Waals surface area contributed by atoms with Crippen LogP contribution in [0.1, 0.15) is 28.4 Å². The van der Waals surface area contributed by atoms with E-state index in [0.29, 0.717) is 16.0 Å². The minimum absolute atomic E-state index is 0.0177. The molecule has 0 aromatic heterocycles. The molecule has 3 rings (SSSR count). The maximum atomic E-state index is 12.7. The van der Waals surface area contributed by atoms with Crippen LogP contribution in [0.4, 0.5) is 13.2 Å². The van der Waals surface area contributed by atoms with Gasteiger partial charge in [-0.1, -0.05) is 35.9 Å². The van der Waals surface area contributed by atoms with Crippen LogP contribution in [0.2, 0.25) is 5.02 Å². The van der Waals surface area contributed by atoms with Crippen molar-refractivity contribution in [3.8, 4) is 5.75 Å². The molecule has 146 valence electrons. The van der Waals surface area contributed by atoms with Crippen molar-refractivity contribution in [1.29, 1.82) is 0 Å². The Balaban J connectivity index is 1.95. The summed E-state index contributed by atoms with van der Waals surface area (Å²) >= 11 is 6.08. The standard InChI is InChI=1S/C21H16ClF3O3/c1-2-27-20(26)17-10-6-14-5-9-16(22)11-18(14)19(17)28-12-13-3-7-15(8-4-13)21(23,24)25/h3-11H,2,12H2,1H3. The zero-order chi connectivity index (χ0) is 20.3. The number of carbonyl (C=O) groups excluding carboxylic acids is 1. The number of alkyl halides is 3. The molecular weight excluding hydrogens is 393 g/mol. The van der Waals surface area contributed by atoms with Crippen LogP contribution in [0.25, 0.3) is 10.8 Å². The molecule has 3 nitrogen and oxygen atoms in total. The van der Waals surface area contributed by atoms with Crippen molar-refractivity contribution in [1.82, 2.24) is 0 Å². The summed E-state index contributed by atoms with van der Waals surface area (Å²) in [7, 11) is 0. The Morgan fingerprint density at radius 2 is 1.71 bits per heavy atom. The van der Waals surface area contributed by atoms with E-state index < -0.39 is 17.7 Å². The predicted octanol–water partition coefficient (Wildman–Crippen LogP) is 6.27. The first kappa shape index (κ1) is 20.0. The summed E-state index contributed by atoms with van der Waals surface area (Å²) in [5.41, 5.74) is 0.0192. The second kappa shape index (κ2) is 8.10. The van der Waals surface area contributed by atoms with Crippen LogP contribution in [0, 0.1) is 0 Å². The topological polar surface area (TPSA) is 35.5 Å². The van der Waals surface area contributed by atoms with E-state index in [2.05, 4.69) is 0 Å². The number of rotatable bonds is 5. The van der Waals surface area contributed by atoms with Gasteiger partial charge >= 0.3 is 12.1 Å². The first-order valence-corrected chi connectivity index (χ1v) is 8.85. The number of ether oxygens (including phenoxy) is 2. The van der Waals surface area contributed by atoms with E-state index in [-0.39, 0.29) is 24.5 Å². The van der Waals surface area contributed by atoms with E-state index in [0.717, 1.165) is 17.5 Å². The summed E-state index contributed by atoms with van der Waals surface area (Å²) in [6.45, 7) is 1.87. The predicted molar refractivity (Wildman–Crippen MR) is 101 cm³/mol. The number of carbonyl (C=O) groups is 1. The van der Waals surface area contributed by atoms with Gasteiger partial charge in [-0.3, -0.25) is 0 Å². The van der Waals surface area contributed by atoms with Gasteiger partial charge in [-0.15, -0.1) is 0 Å². The van der Waals surface area contributed by atoms with Crippen LogP contribution in [0.3, 0.4) is 0 Å². The zero-order valence-electron chi connectivity index (χ0n) is 14.8. The normalized spacial score (nSPS) is 11.5. The van der Waals surface area contributed by atoms with Crippen LogP contribution in [-0.4, -0.2) is 12.6 Å². The van der Waals surface area contributed by atoms with Gasteiger partial charge in [0.05, 0.1) is 12.2 Å². The number of benzene rings is 3. The van der Waals surface area contributed by atoms with Gasteiger partial charge in [-0.2, -0.15) is 13.2 Å². The minimum atomic E-state index is -4.40. The van der Waals surface area contributed by atoms with Gasteiger partial charge in [0.25, 0.3) is 0 Å². The third-order valence-electron chi connectivity index (χ3n) is 4.09. The molecule has 0 spiro atoms. The first-order chi connectivity index (χ1) is 13.3. The lowest BCUT2D eigenvalue weighted by atomic mass is 10.0. The molecule has 0 aliphatic heterocycles. The van der Waals surface area contributed by atoms with E-state index in [1.54, 1.807) is 37.3 Å². The summed E-state index contributed by atoms with van der Waals surface area (Å²) < 4.78 is 49.0. The molecule has 0 saturated heterocycles. The van der Waals surface area contributed by atoms with Crippen molar-refractivity contribution >= 4 is 28.3 Å². The Bertz CT molecular complexity index is 998. The highest BCUT2D eigenvalue weighted by atomic mass is 35.5. The van der Waals surface area contributed by atoms with Crippen LogP contribution >= 0.6 is 11.6 Å². The van der Waals surface area contributed by atoms with Crippen LogP contribution in [0.5, 0.6) is 5.75 Å². The zero-order valence-corrected chi connectivity index (χ0v) is 15.6. The maximum Gasteiger partial charge on any atom is 0.416 e. The molecule has 3 aromatic carbocycles. The van der Waals surface area contributed by atoms with Gasteiger partial charge in [0.2, 0.25) is 0 Å². The summed E-state index contributed by atoms with van der Waals surface area (Å²) in [4.78, 5) is 12.3. The molecule has 7 heteroatoms. The van der Waals surface area contributed by atoms with Crippen molar-refractivity contribution in [2.75, 3.05) is 6.61 Å². The quantitative estimate of drug-likeness (QED) is 0.467. The Labute approximate surface area is 164 Å². The fourth-order valence-corrected chi connectivity index (χ4v) is 2.91. The highest BCUT2D eigenvalue weighted by molar-refractivity contribution is 6.31. The number of hydrogen-bond acceptors (Lipinski definition) is 3. The molecule has 0 unspecified atom stereocenters. The van der Waals surface area contributed by atoms with E-state index in [9.17, 15) is 18.0 Å². The highest BCUT2D eigenvalue weighted by Gasteiger charge is 2.30. The molecule has 28 heavy (non-hydrogen) atoms. The fourth-order valence-electron chi connectivity index (χ4n) is 2.73. The molecule has 0 heterocycles. The molecule has 0 bridgehead atoms. The van der Waals surface area contributed by atoms with Gasteiger partial charge in [0.1, 0.15) is 17.9 Å². The van der Waals surface area contributed by atoms with Crippen molar-refractivity contribution in [2.24, 2.45) is 0 Å². The second-order valence-electron chi connectivity index (χ2n) is 6.01. The molecule has 0 fully saturated rings. The Morgan fingerprint density at radius 3 is 2.36 bits per heavy atom. The van der Waals surface area contributed by atoms with Crippen molar-refractivity contribution in [2.45, 2.75) is 19.7 Å². The van der Waals surface area contributed by atoms with Gasteiger partial charge in [-0.05, 0) is 48.2 Å². The molecule has 0 radical (unpaired) electrons. The number of halogens is 4. The largest absolute Gasteiger partial charge is 0.487 e. The number of fused-ring (bicyclic) bond motifs is 1. The Kier molecular flexibility index (Phi) is 5.79. The molecule has 0 amide bonds. The minimum Gasteiger partial charge on any atom is -0.487 e. The summed E-state index contributed by atoms with van der Waals surface area (Å²) in [5, 5.41) is 1.89. The fraction of sp³-hybridized carbons (Fsp3) is 0.190. The van der Waals surface area contributed by atoms with Crippen LogP contribution < -0.4 is 4.74 Å². The smallest absolute Gasteiger partial charge is 0.416 e. The maximum absolute atomic E-state index is 12.7. The molecule has 0 aliphatic carbocycles. The highest BCUT2D eigenvalue weighted by Crippen LogP contribution is 2.34. The monoisotopic (exact) mass is 408 g/mol. The molecule has 0 atom stereocenters. The second-order valence-corrected chi connectivity index (χ2v) is 6.45. The summed E-state index contributed by atoms with van der Waals surface area (Å²) in [6, 6.07) is 13.2. The van der Waals surface area contributed by atoms with Crippen molar-refractivity contribution in [3.05, 3.63) is 76.3 Å². The average Bonchev–Trinajstić information content (AvgIpc) is 2.65. The van der Waals surface area contributed by atoms with Crippen LogP contribution in [-0.2, 0) is 17.5 Å². The third kappa shape index (κ3) is 4.39. The van der Waals surface area contributed by atoms with Gasteiger partial charge in [-0.25, -0.2) is 4.79 Å². The lowest BCUT2D eigenvalue weighted by molar-refractivity contribution is -0.137.